The second kappa shape index (κ2) is 6.33. The van der Waals surface area contributed by atoms with Crippen molar-refractivity contribution in [2.75, 3.05) is 21.3 Å². The van der Waals surface area contributed by atoms with E-state index in [0.717, 1.165) is 0 Å². The van der Waals surface area contributed by atoms with Gasteiger partial charge in [-0.15, -0.1) is 0 Å². The molecule has 0 fully saturated rings. The first-order valence-electron chi connectivity index (χ1n) is 5.04. The molecule has 0 N–H and O–H groups in total. The van der Waals surface area contributed by atoms with Gasteiger partial charge >= 0.3 is 17.9 Å². The van der Waals surface area contributed by atoms with Crippen LogP contribution in [0.15, 0.2) is 16.6 Å². The number of benzene rings is 1. The number of halogens is 1. The van der Waals surface area contributed by atoms with E-state index in [1.165, 1.54) is 33.5 Å². The molecule has 0 aliphatic heterocycles. The molecule has 1 aromatic rings. The van der Waals surface area contributed by atoms with Crippen molar-refractivity contribution in [1.82, 2.24) is 0 Å². The minimum atomic E-state index is -0.752. The van der Waals surface area contributed by atoms with Crippen molar-refractivity contribution in [3.8, 4) is 0 Å². The van der Waals surface area contributed by atoms with Crippen LogP contribution in [0, 0.1) is 0 Å². The Morgan fingerprint density at radius 2 is 1.16 bits per heavy atom. The number of hydrogen-bond donors (Lipinski definition) is 0. The average molecular weight is 331 g/mol. The van der Waals surface area contributed by atoms with Crippen LogP contribution in [0.25, 0.3) is 0 Å². The molecule has 0 aromatic heterocycles. The van der Waals surface area contributed by atoms with E-state index < -0.39 is 17.9 Å². The summed E-state index contributed by atoms with van der Waals surface area (Å²) in [5.74, 6) is -2.11. The summed E-state index contributed by atoms with van der Waals surface area (Å²) in [7, 11) is 3.57. The molecule has 0 radical (unpaired) electrons. The fourth-order valence-electron chi connectivity index (χ4n) is 1.40. The molecular formula is C12H11BrO6. The maximum atomic E-state index is 11.6. The van der Waals surface area contributed by atoms with Crippen LogP contribution in [0.2, 0.25) is 0 Å². The van der Waals surface area contributed by atoms with Crippen LogP contribution >= 0.6 is 15.9 Å². The van der Waals surface area contributed by atoms with Gasteiger partial charge in [-0.2, -0.15) is 0 Å². The highest BCUT2D eigenvalue weighted by Crippen LogP contribution is 2.24. The van der Waals surface area contributed by atoms with E-state index in [9.17, 15) is 14.4 Å². The molecule has 0 saturated carbocycles. The number of rotatable bonds is 3. The molecule has 0 amide bonds. The van der Waals surface area contributed by atoms with Crippen molar-refractivity contribution in [3.05, 3.63) is 33.3 Å². The molecular weight excluding hydrogens is 320 g/mol. The van der Waals surface area contributed by atoms with Gasteiger partial charge in [0.25, 0.3) is 0 Å². The first kappa shape index (κ1) is 15.2. The quantitative estimate of drug-likeness (QED) is 0.621. The molecule has 0 saturated heterocycles. The number of esters is 3. The van der Waals surface area contributed by atoms with Gasteiger partial charge in [-0.3, -0.25) is 0 Å². The largest absolute Gasteiger partial charge is 0.465 e. The van der Waals surface area contributed by atoms with E-state index in [-0.39, 0.29) is 16.7 Å². The maximum absolute atomic E-state index is 11.6. The normalized spacial score (nSPS) is 9.68. The predicted octanol–water partition coefficient (Wildman–Crippen LogP) is 1.81. The third-order valence-electron chi connectivity index (χ3n) is 2.32. The molecule has 0 aliphatic rings. The molecule has 0 aliphatic carbocycles. The second-order valence-corrected chi connectivity index (χ2v) is 4.21. The number of carbonyl (C=O) groups excluding carboxylic acids is 3. The Labute approximate surface area is 117 Å². The Balaban J connectivity index is 3.49. The third kappa shape index (κ3) is 3.11. The van der Waals surface area contributed by atoms with Crippen molar-refractivity contribution in [1.29, 1.82) is 0 Å². The highest BCUT2D eigenvalue weighted by Gasteiger charge is 2.23. The van der Waals surface area contributed by atoms with Gasteiger partial charge in [0, 0.05) is 4.47 Å². The van der Waals surface area contributed by atoms with Crippen molar-refractivity contribution in [3.63, 3.8) is 0 Å². The van der Waals surface area contributed by atoms with E-state index in [1.54, 1.807) is 0 Å². The first-order chi connectivity index (χ1) is 8.96. The van der Waals surface area contributed by atoms with E-state index >= 15 is 0 Å². The molecule has 0 spiro atoms. The molecule has 0 atom stereocenters. The van der Waals surface area contributed by atoms with Crippen molar-refractivity contribution < 1.29 is 28.6 Å². The van der Waals surface area contributed by atoms with Gasteiger partial charge in [-0.1, -0.05) is 0 Å². The van der Waals surface area contributed by atoms with E-state index in [0.29, 0.717) is 4.47 Å². The lowest BCUT2D eigenvalue weighted by molar-refractivity contribution is 0.0552. The zero-order valence-corrected chi connectivity index (χ0v) is 12.1. The molecule has 1 aromatic carbocycles. The topological polar surface area (TPSA) is 78.9 Å². The average Bonchev–Trinajstić information content (AvgIpc) is 2.44. The molecule has 6 nitrogen and oxygen atoms in total. The van der Waals surface area contributed by atoms with Gasteiger partial charge in [0.2, 0.25) is 0 Å². The number of ether oxygens (including phenoxy) is 3. The van der Waals surface area contributed by atoms with Crippen molar-refractivity contribution in [2.24, 2.45) is 0 Å². The Morgan fingerprint density at radius 3 is 1.58 bits per heavy atom. The molecule has 0 heterocycles. The lowest BCUT2D eigenvalue weighted by Gasteiger charge is -2.10. The van der Waals surface area contributed by atoms with Crippen LogP contribution in [-0.4, -0.2) is 39.2 Å². The van der Waals surface area contributed by atoms with Gasteiger partial charge in [-0.25, -0.2) is 14.4 Å². The summed E-state index contributed by atoms with van der Waals surface area (Å²) in [4.78, 5) is 34.7. The smallest absolute Gasteiger partial charge is 0.339 e. The number of carbonyl (C=O) groups is 3. The minimum Gasteiger partial charge on any atom is -0.465 e. The fourth-order valence-corrected chi connectivity index (χ4v) is 1.90. The number of hydrogen-bond acceptors (Lipinski definition) is 6. The summed E-state index contributed by atoms with van der Waals surface area (Å²) in [5, 5.41) is 0. The Morgan fingerprint density at radius 1 is 0.789 bits per heavy atom. The predicted molar refractivity (Wildman–Crippen MR) is 68.2 cm³/mol. The lowest BCUT2D eigenvalue weighted by Crippen LogP contribution is -2.14. The molecule has 0 unspecified atom stereocenters. The highest BCUT2D eigenvalue weighted by atomic mass is 79.9. The van der Waals surface area contributed by atoms with Crippen LogP contribution in [0.3, 0.4) is 0 Å². The minimum absolute atomic E-state index is 0.00567. The van der Waals surface area contributed by atoms with Crippen LogP contribution in [0.4, 0.5) is 0 Å². The van der Waals surface area contributed by atoms with E-state index in [4.69, 9.17) is 0 Å². The van der Waals surface area contributed by atoms with Gasteiger partial charge in [0.05, 0.1) is 38.0 Å². The Hall–Kier alpha value is -1.89. The van der Waals surface area contributed by atoms with Crippen molar-refractivity contribution >= 4 is 33.8 Å². The zero-order chi connectivity index (χ0) is 14.6. The summed E-state index contributed by atoms with van der Waals surface area (Å²) in [5.41, 5.74) is 0.0300. The Kier molecular flexibility index (Phi) is 5.05. The van der Waals surface area contributed by atoms with Crippen molar-refractivity contribution in [2.45, 2.75) is 0 Å². The molecule has 102 valence electrons. The first-order valence-corrected chi connectivity index (χ1v) is 5.84. The maximum Gasteiger partial charge on any atom is 0.339 e. The fraction of sp³-hybridized carbons (Fsp3) is 0.250. The Bertz CT molecular complexity index is 537. The molecule has 1 rings (SSSR count). The lowest BCUT2D eigenvalue weighted by atomic mass is 10.0. The van der Waals surface area contributed by atoms with Crippen LogP contribution < -0.4 is 0 Å². The van der Waals surface area contributed by atoms with Crippen LogP contribution in [-0.2, 0) is 14.2 Å². The number of methoxy groups -OCH3 is 3. The standard InChI is InChI=1S/C12H11BrO6/c1-17-10(14)6-4-8(12(16)19-3)9(13)5-7(6)11(15)18-2/h4-5H,1-3H3. The monoisotopic (exact) mass is 330 g/mol. The summed E-state index contributed by atoms with van der Waals surface area (Å²) in [6, 6.07) is 2.53. The molecule has 0 bridgehead atoms. The summed E-state index contributed by atoms with van der Waals surface area (Å²) < 4.78 is 14.0. The highest BCUT2D eigenvalue weighted by molar-refractivity contribution is 9.10. The molecule has 19 heavy (non-hydrogen) atoms. The third-order valence-corrected chi connectivity index (χ3v) is 2.98. The van der Waals surface area contributed by atoms with Crippen LogP contribution in [0.5, 0.6) is 0 Å². The van der Waals surface area contributed by atoms with Gasteiger partial charge in [0.1, 0.15) is 0 Å². The second-order valence-electron chi connectivity index (χ2n) is 3.35. The SMILES string of the molecule is COC(=O)c1cc(C(=O)OC)c(C(=O)OC)cc1Br. The van der Waals surface area contributed by atoms with Gasteiger partial charge in [-0.05, 0) is 28.1 Å². The van der Waals surface area contributed by atoms with E-state index in [1.807, 2.05) is 0 Å². The molecule has 7 heteroatoms. The van der Waals surface area contributed by atoms with Gasteiger partial charge in [0.15, 0.2) is 0 Å². The summed E-state index contributed by atoms with van der Waals surface area (Å²) in [6.45, 7) is 0. The van der Waals surface area contributed by atoms with Gasteiger partial charge < -0.3 is 14.2 Å². The summed E-state index contributed by atoms with van der Waals surface area (Å²) >= 11 is 3.13. The zero-order valence-electron chi connectivity index (χ0n) is 10.5. The van der Waals surface area contributed by atoms with E-state index in [2.05, 4.69) is 30.1 Å². The summed E-state index contributed by atoms with van der Waals surface area (Å²) in [6.07, 6.45) is 0. The van der Waals surface area contributed by atoms with Crippen LogP contribution in [0.1, 0.15) is 31.1 Å².